The smallest absolute Gasteiger partial charge is 0.236 e. The summed E-state index contributed by atoms with van der Waals surface area (Å²) in [7, 11) is 3.88. The molecule has 5 heteroatoms. The normalized spacial score (nSPS) is 21.9. The lowest BCUT2D eigenvalue weighted by atomic mass is 9.98. The van der Waals surface area contributed by atoms with Gasteiger partial charge in [-0.3, -0.25) is 0 Å². The third kappa shape index (κ3) is 3.69. The SMILES string of the molecule is CN1CCC(c2ccc(CS(=O)(=O)Cl)cc2)C1. The van der Waals surface area contributed by atoms with Gasteiger partial charge in [-0.25, -0.2) is 8.42 Å². The molecule has 1 unspecified atom stereocenters. The van der Waals surface area contributed by atoms with E-state index in [1.165, 1.54) is 12.0 Å². The Morgan fingerprint density at radius 1 is 1.35 bits per heavy atom. The minimum atomic E-state index is -3.45. The molecule has 1 saturated heterocycles. The van der Waals surface area contributed by atoms with Gasteiger partial charge in [0.1, 0.15) is 0 Å². The zero-order valence-corrected chi connectivity index (χ0v) is 11.3. The molecule has 1 aliphatic heterocycles. The van der Waals surface area contributed by atoms with Crippen LogP contribution in [0.2, 0.25) is 0 Å². The lowest BCUT2D eigenvalue weighted by Crippen LogP contribution is -2.13. The van der Waals surface area contributed by atoms with Crippen molar-refractivity contribution in [1.29, 1.82) is 0 Å². The quantitative estimate of drug-likeness (QED) is 0.792. The van der Waals surface area contributed by atoms with Crippen LogP contribution < -0.4 is 0 Å². The molecular formula is C12H16ClNO2S. The van der Waals surface area contributed by atoms with Crippen LogP contribution in [0.5, 0.6) is 0 Å². The van der Waals surface area contributed by atoms with Crippen molar-refractivity contribution in [2.24, 2.45) is 0 Å². The van der Waals surface area contributed by atoms with Gasteiger partial charge in [0.05, 0.1) is 5.75 Å². The molecule has 94 valence electrons. The van der Waals surface area contributed by atoms with Gasteiger partial charge in [-0.15, -0.1) is 0 Å². The van der Waals surface area contributed by atoms with Gasteiger partial charge in [-0.05, 0) is 37.1 Å². The Morgan fingerprint density at radius 3 is 2.47 bits per heavy atom. The summed E-state index contributed by atoms with van der Waals surface area (Å²) in [6, 6.07) is 7.74. The first-order valence-electron chi connectivity index (χ1n) is 5.64. The Kier molecular flexibility index (Phi) is 3.76. The van der Waals surface area contributed by atoms with Crippen LogP contribution in [-0.4, -0.2) is 33.5 Å². The van der Waals surface area contributed by atoms with E-state index in [1.807, 2.05) is 24.3 Å². The molecule has 0 spiro atoms. The molecule has 1 fully saturated rings. The molecule has 0 saturated carbocycles. The van der Waals surface area contributed by atoms with E-state index in [-0.39, 0.29) is 5.75 Å². The molecule has 1 aromatic carbocycles. The number of likely N-dealkylation sites (N-methyl/N-ethyl adjacent to an activating group) is 1. The predicted molar refractivity (Wildman–Crippen MR) is 69.8 cm³/mol. The largest absolute Gasteiger partial charge is 0.306 e. The van der Waals surface area contributed by atoms with E-state index < -0.39 is 9.05 Å². The number of rotatable bonds is 3. The lowest BCUT2D eigenvalue weighted by molar-refractivity contribution is 0.411. The summed E-state index contributed by atoms with van der Waals surface area (Å²) < 4.78 is 21.9. The Morgan fingerprint density at radius 2 is 2.00 bits per heavy atom. The van der Waals surface area contributed by atoms with Gasteiger partial charge >= 0.3 is 0 Å². The lowest BCUT2D eigenvalue weighted by Gasteiger charge is -2.11. The highest BCUT2D eigenvalue weighted by Crippen LogP contribution is 2.26. The molecule has 0 amide bonds. The van der Waals surface area contributed by atoms with Gasteiger partial charge in [0.15, 0.2) is 0 Å². The Hall–Kier alpha value is -0.580. The van der Waals surface area contributed by atoms with Crippen LogP contribution in [0.1, 0.15) is 23.5 Å². The molecule has 0 aromatic heterocycles. The third-order valence-electron chi connectivity index (χ3n) is 3.18. The summed E-state index contributed by atoms with van der Waals surface area (Å²) in [5.74, 6) is 0.473. The van der Waals surface area contributed by atoms with E-state index in [0.717, 1.165) is 18.7 Å². The summed E-state index contributed by atoms with van der Waals surface area (Å²) in [5, 5.41) is 0. The molecule has 0 bridgehead atoms. The predicted octanol–water partition coefficient (Wildman–Crippen LogP) is 2.17. The number of nitrogens with zero attached hydrogens (tertiary/aromatic N) is 1. The van der Waals surface area contributed by atoms with Crippen LogP contribution >= 0.6 is 10.7 Å². The zero-order chi connectivity index (χ0) is 12.5. The van der Waals surface area contributed by atoms with Crippen molar-refractivity contribution in [1.82, 2.24) is 4.90 Å². The van der Waals surface area contributed by atoms with Gasteiger partial charge in [-0.2, -0.15) is 0 Å². The van der Waals surface area contributed by atoms with Crippen molar-refractivity contribution >= 4 is 19.7 Å². The standard InChI is InChI=1S/C12H16ClNO2S/c1-14-7-6-12(8-14)11-4-2-10(3-5-11)9-17(13,15)16/h2-5,12H,6-9H2,1H3. The van der Waals surface area contributed by atoms with Crippen LogP contribution in [0.3, 0.4) is 0 Å². The fourth-order valence-electron chi connectivity index (χ4n) is 2.29. The monoisotopic (exact) mass is 273 g/mol. The summed E-state index contributed by atoms with van der Waals surface area (Å²) in [6.07, 6.45) is 1.17. The first kappa shape index (κ1) is 12.9. The molecule has 0 aliphatic carbocycles. The average molecular weight is 274 g/mol. The highest BCUT2D eigenvalue weighted by Gasteiger charge is 2.20. The van der Waals surface area contributed by atoms with Crippen LogP contribution in [0.4, 0.5) is 0 Å². The number of halogens is 1. The van der Waals surface area contributed by atoms with Gasteiger partial charge in [0.2, 0.25) is 9.05 Å². The van der Waals surface area contributed by atoms with Gasteiger partial charge in [0.25, 0.3) is 0 Å². The minimum Gasteiger partial charge on any atom is -0.306 e. The van der Waals surface area contributed by atoms with Crippen LogP contribution in [0.15, 0.2) is 24.3 Å². The fraction of sp³-hybridized carbons (Fsp3) is 0.500. The van der Waals surface area contributed by atoms with Gasteiger partial charge in [-0.1, -0.05) is 24.3 Å². The van der Waals surface area contributed by atoms with Crippen molar-refractivity contribution in [3.8, 4) is 0 Å². The summed E-state index contributed by atoms with van der Waals surface area (Å²) in [6.45, 7) is 2.20. The van der Waals surface area contributed by atoms with Crippen molar-refractivity contribution in [2.75, 3.05) is 20.1 Å². The van der Waals surface area contributed by atoms with E-state index in [0.29, 0.717) is 5.92 Å². The van der Waals surface area contributed by atoms with Crippen LogP contribution in [0, 0.1) is 0 Å². The van der Waals surface area contributed by atoms with Crippen molar-refractivity contribution < 1.29 is 8.42 Å². The van der Waals surface area contributed by atoms with E-state index in [9.17, 15) is 8.42 Å². The molecule has 1 aromatic rings. The van der Waals surface area contributed by atoms with E-state index >= 15 is 0 Å². The van der Waals surface area contributed by atoms with Crippen molar-refractivity contribution in [2.45, 2.75) is 18.1 Å². The van der Waals surface area contributed by atoms with E-state index in [1.54, 1.807) is 0 Å². The van der Waals surface area contributed by atoms with Crippen LogP contribution in [0.25, 0.3) is 0 Å². The third-order valence-corrected chi connectivity index (χ3v) is 4.19. The molecule has 1 heterocycles. The second-order valence-electron chi connectivity index (χ2n) is 4.67. The molecule has 17 heavy (non-hydrogen) atoms. The van der Waals surface area contributed by atoms with E-state index in [4.69, 9.17) is 10.7 Å². The maximum Gasteiger partial charge on any atom is 0.236 e. The summed E-state index contributed by atoms with van der Waals surface area (Å²) >= 11 is 0. The molecule has 0 radical (unpaired) electrons. The highest BCUT2D eigenvalue weighted by atomic mass is 35.7. The summed E-state index contributed by atoms with van der Waals surface area (Å²) in [4.78, 5) is 2.31. The first-order chi connectivity index (χ1) is 7.94. The molecule has 1 aliphatic rings. The van der Waals surface area contributed by atoms with E-state index in [2.05, 4.69) is 11.9 Å². The Balaban J connectivity index is 2.08. The van der Waals surface area contributed by atoms with Crippen molar-refractivity contribution in [3.63, 3.8) is 0 Å². The fourth-order valence-corrected chi connectivity index (χ4v) is 3.26. The number of hydrogen-bond acceptors (Lipinski definition) is 3. The Labute approximate surface area is 107 Å². The second-order valence-corrected chi connectivity index (χ2v) is 7.45. The number of likely N-dealkylation sites (tertiary alicyclic amines) is 1. The van der Waals surface area contributed by atoms with Crippen LogP contribution in [-0.2, 0) is 14.8 Å². The molecule has 0 N–H and O–H groups in total. The Bertz CT molecular complexity index is 484. The summed E-state index contributed by atoms with van der Waals surface area (Å²) in [5.41, 5.74) is 2.03. The topological polar surface area (TPSA) is 37.4 Å². The average Bonchev–Trinajstić information content (AvgIpc) is 2.63. The minimum absolute atomic E-state index is 0.0978. The van der Waals surface area contributed by atoms with Crippen molar-refractivity contribution in [3.05, 3.63) is 35.4 Å². The first-order valence-corrected chi connectivity index (χ1v) is 8.11. The highest BCUT2D eigenvalue weighted by molar-refractivity contribution is 8.13. The molecule has 3 nitrogen and oxygen atoms in total. The molecule has 2 rings (SSSR count). The van der Waals surface area contributed by atoms with Gasteiger partial charge < -0.3 is 4.90 Å². The zero-order valence-electron chi connectivity index (χ0n) is 9.77. The molecule has 1 atom stereocenters. The number of benzene rings is 1. The second kappa shape index (κ2) is 4.96. The maximum absolute atomic E-state index is 10.9. The van der Waals surface area contributed by atoms with Gasteiger partial charge in [0, 0.05) is 17.2 Å². The number of hydrogen-bond donors (Lipinski definition) is 0. The molecular weight excluding hydrogens is 258 g/mol. The maximum atomic E-state index is 10.9.